The van der Waals surface area contributed by atoms with E-state index in [1.807, 2.05) is 0 Å². The molecule has 0 saturated carbocycles. The highest BCUT2D eigenvalue weighted by atomic mass is 16.3. The molecule has 1 atom stereocenters. The highest BCUT2D eigenvalue weighted by molar-refractivity contribution is 5.27. The predicted octanol–water partition coefficient (Wildman–Crippen LogP) is 3.29. The van der Waals surface area contributed by atoms with Gasteiger partial charge in [0.2, 0.25) is 0 Å². The summed E-state index contributed by atoms with van der Waals surface area (Å²) >= 11 is 0. The second-order valence-corrected chi connectivity index (χ2v) is 5.77. The van der Waals surface area contributed by atoms with E-state index in [2.05, 4.69) is 37.6 Å². The minimum absolute atomic E-state index is 0.227. The van der Waals surface area contributed by atoms with Gasteiger partial charge in [0.05, 0.1) is 6.10 Å². The summed E-state index contributed by atoms with van der Waals surface area (Å²) in [6.45, 7) is 7.91. The quantitative estimate of drug-likeness (QED) is 0.832. The smallest absolute Gasteiger partial charge is 0.0807 e. The molecule has 0 saturated heterocycles. The Morgan fingerprint density at radius 2 is 2.25 bits per heavy atom. The van der Waals surface area contributed by atoms with E-state index < -0.39 is 0 Å². The molecule has 1 aromatic heterocycles. The molecule has 1 aromatic rings. The molecule has 1 unspecified atom stereocenters. The van der Waals surface area contributed by atoms with Gasteiger partial charge in [0.25, 0.3) is 0 Å². The Bertz CT molecular complexity index is 365. The Balaban J connectivity index is 2.23. The maximum Gasteiger partial charge on any atom is 0.0807 e. The van der Waals surface area contributed by atoms with Crippen LogP contribution in [0.2, 0.25) is 0 Å². The number of fused-ring (bicyclic) bond motifs is 1. The Morgan fingerprint density at radius 1 is 1.50 bits per heavy atom. The number of nitrogens with zero attached hydrogens (tertiary/aromatic N) is 1. The summed E-state index contributed by atoms with van der Waals surface area (Å²) in [5, 5.41) is 9.92. The van der Waals surface area contributed by atoms with Crippen molar-refractivity contribution < 1.29 is 5.11 Å². The van der Waals surface area contributed by atoms with E-state index in [4.69, 9.17) is 0 Å². The first-order chi connectivity index (χ1) is 7.53. The van der Waals surface area contributed by atoms with Crippen molar-refractivity contribution in [1.82, 2.24) is 4.57 Å². The van der Waals surface area contributed by atoms with Gasteiger partial charge in [-0.1, -0.05) is 20.8 Å². The van der Waals surface area contributed by atoms with E-state index in [0.29, 0.717) is 5.41 Å². The molecular weight excluding hydrogens is 198 g/mol. The van der Waals surface area contributed by atoms with Crippen LogP contribution in [0.25, 0.3) is 0 Å². The Labute approximate surface area is 98.3 Å². The Kier molecular flexibility index (Phi) is 3.11. The van der Waals surface area contributed by atoms with Crippen LogP contribution in [0.1, 0.15) is 57.4 Å². The summed E-state index contributed by atoms with van der Waals surface area (Å²) in [4.78, 5) is 0. The zero-order chi connectivity index (χ0) is 11.8. The lowest BCUT2D eigenvalue weighted by Gasteiger charge is -2.27. The number of aliphatic hydroxyl groups excluding tert-OH is 1. The van der Waals surface area contributed by atoms with Crippen LogP contribution in [0.4, 0.5) is 0 Å². The first-order valence-electron chi connectivity index (χ1n) is 6.39. The molecule has 0 amide bonds. The van der Waals surface area contributed by atoms with Crippen molar-refractivity contribution in [3.05, 3.63) is 23.5 Å². The highest BCUT2D eigenvalue weighted by Crippen LogP contribution is 2.32. The lowest BCUT2D eigenvalue weighted by molar-refractivity contribution is 0.155. The number of hydrogen-bond acceptors (Lipinski definition) is 1. The van der Waals surface area contributed by atoms with Gasteiger partial charge in [-0.05, 0) is 37.2 Å². The summed E-state index contributed by atoms with van der Waals surface area (Å²) in [5.74, 6) is 0. The molecule has 0 aliphatic heterocycles. The SMILES string of the molecule is CCC(C)(C)Cn1ccc2c1CCCC2O. The van der Waals surface area contributed by atoms with Gasteiger partial charge in [0.1, 0.15) is 0 Å². The van der Waals surface area contributed by atoms with Gasteiger partial charge < -0.3 is 9.67 Å². The monoisotopic (exact) mass is 221 g/mol. The fourth-order valence-corrected chi connectivity index (χ4v) is 2.45. The lowest BCUT2D eigenvalue weighted by Crippen LogP contribution is -2.21. The Hall–Kier alpha value is -0.760. The van der Waals surface area contributed by atoms with Crippen LogP contribution in [0.15, 0.2) is 12.3 Å². The Morgan fingerprint density at radius 3 is 2.94 bits per heavy atom. The molecular formula is C14H23NO. The average Bonchev–Trinajstić information content (AvgIpc) is 2.63. The maximum absolute atomic E-state index is 9.92. The molecule has 0 spiro atoms. The second kappa shape index (κ2) is 4.25. The predicted molar refractivity (Wildman–Crippen MR) is 66.4 cm³/mol. The zero-order valence-electron chi connectivity index (χ0n) is 10.7. The molecule has 0 radical (unpaired) electrons. The summed E-state index contributed by atoms with van der Waals surface area (Å²) < 4.78 is 2.35. The third-order valence-corrected chi connectivity index (χ3v) is 3.92. The molecule has 0 bridgehead atoms. The van der Waals surface area contributed by atoms with Crippen molar-refractivity contribution in [3.8, 4) is 0 Å². The van der Waals surface area contributed by atoms with Crippen LogP contribution in [0.5, 0.6) is 0 Å². The van der Waals surface area contributed by atoms with Gasteiger partial charge in [-0.3, -0.25) is 0 Å². The molecule has 1 aliphatic rings. The van der Waals surface area contributed by atoms with Gasteiger partial charge in [0.15, 0.2) is 0 Å². The molecule has 1 aliphatic carbocycles. The summed E-state index contributed by atoms with van der Waals surface area (Å²) in [6.07, 6.45) is 6.27. The second-order valence-electron chi connectivity index (χ2n) is 5.77. The van der Waals surface area contributed by atoms with E-state index in [0.717, 1.165) is 31.4 Å². The van der Waals surface area contributed by atoms with E-state index in [1.54, 1.807) is 0 Å². The molecule has 0 fully saturated rings. The van der Waals surface area contributed by atoms with Gasteiger partial charge >= 0.3 is 0 Å². The largest absolute Gasteiger partial charge is 0.388 e. The lowest BCUT2D eigenvalue weighted by atomic mass is 9.89. The molecule has 16 heavy (non-hydrogen) atoms. The van der Waals surface area contributed by atoms with Crippen molar-refractivity contribution in [2.24, 2.45) is 5.41 Å². The number of aliphatic hydroxyl groups is 1. The first-order valence-corrected chi connectivity index (χ1v) is 6.39. The third-order valence-electron chi connectivity index (χ3n) is 3.92. The normalized spacial score (nSPS) is 20.9. The summed E-state index contributed by atoms with van der Waals surface area (Å²) in [5.41, 5.74) is 2.87. The molecule has 0 aromatic carbocycles. The number of rotatable bonds is 3. The molecule has 1 N–H and O–H groups in total. The van der Waals surface area contributed by atoms with Gasteiger partial charge in [-0.2, -0.15) is 0 Å². The fraction of sp³-hybridized carbons (Fsp3) is 0.714. The minimum atomic E-state index is -0.227. The van der Waals surface area contributed by atoms with Crippen LogP contribution < -0.4 is 0 Å². The maximum atomic E-state index is 9.92. The summed E-state index contributed by atoms with van der Waals surface area (Å²) in [6, 6.07) is 2.10. The van der Waals surface area contributed by atoms with Gasteiger partial charge in [0, 0.05) is 24.0 Å². The number of hydrogen-bond donors (Lipinski definition) is 1. The first kappa shape index (κ1) is 11.7. The van der Waals surface area contributed by atoms with Crippen LogP contribution >= 0.6 is 0 Å². The topological polar surface area (TPSA) is 25.2 Å². The summed E-state index contributed by atoms with van der Waals surface area (Å²) in [7, 11) is 0. The van der Waals surface area contributed by atoms with Crippen molar-refractivity contribution in [2.45, 2.75) is 59.1 Å². The van der Waals surface area contributed by atoms with Crippen molar-refractivity contribution in [2.75, 3.05) is 0 Å². The highest BCUT2D eigenvalue weighted by Gasteiger charge is 2.23. The third kappa shape index (κ3) is 2.17. The van der Waals surface area contributed by atoms with Gasteiger partial charge in [-0.15, -0.1) is 0 Å². The molecule has 2 heteroatoms. The van der Waals surface area contributed by atoms with E-state index in [-0.39, 0.29) is 6.10 Å². The van der Waals surface area contributed by atoms with Gasteiger partial charge in [-0.25, -0.2) is 0 Å². The number of aromatic nitrogens is 1. The van der Waals surface area contributed by atoms with Crippen LogP contribution in [-0.4, -0.2) is 9.67 Å². The van der Waals surface area contributed by atoms with Crippen molar-refractivity contribution in [3.63, 3.8) is 0 Å². The molecule has 1 heterocycles. The van der Waals surface area contributed by atoms with E-state index in [9.17, 15) is 5.11 Å². The van der Waals surface area contributed by atoms with Crippen molar-refractivity contribution in [1.29, 1.82) is 0 Å². The standard InChI is InChI=1S/C14H23NO/c1-4-14(2,3)10-15-9-8-11-12(15)6-5-7-13(11)16/h8-9,13,16H,4-7,10H2,1-3H3. The molecule has 2 nitrogen and oxygen atoms in total. The zero-order valence-corrected chi connectivity index (χ0v) is 10.7. The fourth-order valence-electron chi connectivity index (χ4n) is 2.45. The molecule has 90 valence electrons. The average molecular weight is 221 g/mol. The van der Waals surface area contributed by atoms with Crippen LogP contribution in [0, 0.1) is 5.41 Å². The van der Waals surface area contributed by atoms with Crippen LogP contribution in [0.3, 0.4) is 0 Å². The van der Waals surface area contributed by atoms with Crippen LogP contribution in [-0.2, 0) is 13.0 Å². The van der Waals surface area contributed by atoms with Crippen molar-refractivity contribution >= 4 is 0 Å². The van der Waals surface area contributed by atoms with E-state index in [1.165, 1.54) is 12.1 Å². The molecule has 2 rings (SSSR count). The van der Waals surface area contributed by atoms with E-state index >= 15 is 0 Å². The minimum Gasteiger partial charge on any atom is -0.388 e.